The third-order valence-electron chi connectivity index (χ3n) is 4.51. The van der Waals surface area contributed by atoms with E-state index in [0.717, 1.165) is 26.7 Å². The van der Waals surface area contributed by atoms with Crippen LogP contribution in [0.2, 0.25) is 0 Å². The normalized spacial score (nSPS) is 11.1. The first kappa shape index (κ1) is 16.1. The van der Waals surface area contributed by atoms with Gasteiger partial charge < -0.3 is 10.2 Å². The molecule has 0 heterocycles. The largest absolute Gasteiger partial charge is 0.508 e. The van der Waals surface area contributed by atoms with Gasteiger partial charge in [0.2, 0.25) is 0 Å². The summed E-state index contributed by atoms with van der Waals surface area (Å²) in [5, 5.41) is 19.7. The Morgan fingerprint density at radius 3 is 1.48 bits per heavy atom. The average molecular weight is 396 g/mol. The third-order valence-corrected chi connectivity index (χ3v) is 5.39. The van der Waals surface area contributed by atoms with Crippen LogP contribution in [0.4, 0.5) is 0 Å². The van der Waals surface area contributed by atoms with Gasteiger partial charge in [0, 0.05) is 10.3 Å². The van der Waals surface area contributed by atoms with E-state index >= 15 is 0 Å². The molecule has 2 aromatic rings. The minimum absolute atomic E-state index is 0.268. The number of benzene rings is 2. The lowest BCUT2D eigenvalue weighted by molar-refractivity contribution is 0.470. The molecule has 2 N–H and O–H groups in total. The monoisotopic (exact) mass is 396 g/mol. The molecule has 112 valence electrons. The van der Waals surface area contributed by atoms with Gasteiger partial charge in [-0.15, -0.1) is 0 Å². The van der Waals surface area contributed by atoms with Gasteiger partial charge in [-0.2, -0.15) is 0 Å². The van der Waals surface area contributed by atoms with Crippen molar-refractivity contribution in [2.45, 2.75) is 33.6 Å². The van der Waals surface area contributed by atoms with Crippen molar-refractivity contribution in [3.8, 4) is 11.5 Å². The Balaban J connectivity index is 2.61. The summed E-state index contributed by atoms with van der Waals surface area (Å²) >= 11 is 2.41. The van der Waals surface area contributed by atoms with Crippen LogP contribution in [0.3, 0.4) is 0 Å². The maximum absolute atomic E-state index is 9.85. The summed E-state index contributed by atoms with van der Waals surface area (Å²) in [5.74, 6) is 0.966. The molecule has 0 atom stereocenters. The molecule has 2 aromatic carbocycles. The molecule has 3 heteroatoms. The molecule has 0 unspecified atom stereocenters. The second-order valence-corrected chi connectivity index (χ2v) is 6.44. The number of rotatable bonds is 3. The minimum Gasteiger partial charge on any atom is -0.508 e. The van der Waals surface area contributed by atoms with E-state index < -0.39 is 0 Å². The van der Waals surface area contributed by atoms with Gasteiger partial charge in [0.05, 0.1) is 0 Å². The molecule has 0 saturated heterocycles. The zero-order chi connectivity index (χ0) is 15.7. The summed E-state index contributed by atoms with van der Waals surface area (Å²) in [5.41, 5.74) is 6.65. The van der Waals surface area contributed by atoms with Crippen molar-refractivity contribution in [3.05, 3.63) is 57.6 Å². The Labute approximate surface area is 140 Å². The van der Waals surface area contributed by atoms with Crippen molar-refractivity contribution >= 4 is 22.6 Å². The zero-order valence-corrected chi connectivity index (χ0v) is 15.0. The Hall–Kier alpha value is -1.23. The molecule has 0 aliphatic heterocycles. The lowest BCUT2D eigenvalue weighted by Gasteiger charge is -2.22. The first-order chi connectivity index (χ1) is 9.88. The number of phenols is 2. The highest BCUT2D eigenvalue weighted by atomic mass is 127. The van der Waals surface area contributed by atoms with Crippen molar-refractivity contribution in [1.82, 2.24) is 0 Å². The second-order valence-electron chi connectivity index (χ2n) is 5.55. The Bertz CT molecular complexity index is 620. The first-order valence-corrected chi connectivity index (χ1v) is 8.55. The van der Waals surface area contributed by atoms with Crippen LogP contribution in [0.25, 0.3) is 0 Å². The predicted octanol–water partition coefficient (Wildman–Crippen LogP) is 4.90. The Morgan fingerprint density at radius 2 is 1.14 bits per heavy atom. The number of alkyl halides is 1. The van der Waals surface area contributed by atoms with Gasteiger partial charge in [0.15, 0.2) is 0 Å². The molecule has 0 radical (unpaired) electrons. The zero-order valence-electron chi connectivity index (χ0n) is 12.9. The van der Waals surface area contributed by atoms with Crippen LogP contribution in [0.5, 0.6) is 11.5 Å². The van der Waals surface area contributed by atoms with Gasteiger partial charge >= 0.3 is 0 Å². The fourth-order valence-corrected chi connectivity index (χ4v) is 3.69. The Morgan fingerprint density at radius 1 is 0.762 bits per heavy atom. The van der Waals surface area contributed by atoms with Gasteiger partial charge in [-0.1, -0.05) is 34.7 Å². The Kier molecular flexibility index (Phi) is 4.81. The molecule has 21 heavy (non-hydrogen) atoms. The molecule has 0 fully saturated rings. The van der Waals surface area contributed by atoms with Crippen molar-refractivity contribution < 1.29 is 10.2 Å². The average Bonchev–Trinajstić information content (AvgIpc) is 2.47. The van der Waals surface area contributed by atoms with Crippen LogP contribution in [-0.2, 0) is 0 Å². The summed E-state index contributed by atoms with van der Waals surface area (Å²) in [6.45, 7) is 8.03. The fraction of sp³-hybridized carbons (Fsp3) is 0.333. The van der Waals surface area contributed by atoms with Gasteiger partial charge in [-0.25, -0.2) is 0 Å². The lowest BCUT2D eigenvalue weighted by atomic mass is 9.85. The molecule has 2 nitrogen and oxygen atoms in total. The summed E-state index contributed by atoms with van der Waals surface area (Å²) < 4.78 is 0.952. The molecule has 0 aliphatic carbocycles. The van der Waals surface area contributed by atoms with E-state index in [1.165, 1.54) is 11.1 Å². The summed E-state index contributed by atoms with van der Waals surface area (Å²) in [6.07, 6.45) is 0. The standard InChI is InChI=1S/C18H21IO2/c1-10-12(3)17(20)7-5-14(10)16(9-19)15-6-8-18(21)13(4)11(15)2/h5-8,16,20-21H,9H2,1-4H3. The molecule has 0 saturated carbocycles. The molecule has 0 bridgehead atoms. The summed E-state index contributed by atoms with van der Waals surface area (Å²) in [4.78, 5) is 0. The predicted molar refractivity (Wildman–Crippen MR) is 95.9 cm³/mol. The quantitative estimate of drug-likeness (QED) is 0.573. The van der Waals surface area contributed by atoms with E-state index in [4.69, 9.17) is 0 Å². The van der Waals surface area contributed by atoms with E-state index in [0.29, 0.717) is 11.5 Å². The van der Waals surface area contributed by atoms with E-state index in [-0.39, 0.29) is 5.92 Å². The van der Waals surface area contributed by atoms with E-state index in [1.54, 1.807) is 12.1 Å². The number of halogens is 1. The van der Waals surface area contributed by atoms with Crippen molar-refractivity contribution in [3.63, 3.8) is 0 Å². The van der Waals surface area contributed by atoms with Crippen molar-refractivity contribution in [1.29, 1.82) is 0 Å². The number of aromatic hydroxyl groups is 2. The van der Waals surface area contributed by atoms with Gasteiger partial charge in [-0.3, -0.25) is 0 Å². The fourth-order valence-electron chi connectivity index (χ4n) is 2.74. The van der Waals surface area contributed by atoms with Crippen LogP contribution in [0.15, 0.2) is 24.3 Å². The first-order valence-electron chi connectivity index (χ1n) is 7.02. The highest BCUT2D eigenvalue weighted by Crippen LogP contribution is 2.36. The molecule has 0 amide bonds. The van der Waals surface area contributed by atoms with E-state index in [2.05, 4.69) is 36.4 Å². The van der Waals surface area contributed by atoms with Crippen molar-refractivity contribution in [2.24, 2.45) is 0 Å². The SMILES string of the molecule is Cc1c(O)ccc(C(CI)c2ccc(O)c(C)c2C)c1C. The lowest BCUT2D eigenvalue weighted by Crippen LogP contribution is -2.08. The topological polar surface area (TPSA) is 40.5 Å². The van der Waals surface area contributed by atoms with Crippen LogP contribution in [0.1, 0.15) is 39.3 Å². The van der Waals surface area contributed by atoms with Gasteiger partial charge in [0.25, 0.3) is 0 Å². The van der Waals surface area contributed by atoms with Gasteiger partial charge in [0.1, 0.15) is 11.5 Å². The summed E-state index contributed by atoms with van der Waals surface area (Å²) in [6, 6.07) is 7.59. The van der Waals surface area contributed by atoms with E-state index in [9.17, 15) is 10.2 Å². The smallest absolute Gasteiger partial charge is 0.118 e. The molecular weight excluding hydrogens is 375 g/mol. The maximum Gasteiger partial charge on any atom is 0.118 e. The van der Waals surface area contributed by atoms with Crippen LogP contribution in [0, 0.1) is 27.7 Å². The maximum atomic E-state index is 9.85. The highest BCUT2D eigenvalue weighted by molar-refractivity contribution is 14.1. The summed E-state index contributed by atoms with van der Waals surface area (Å²) in [7, 11) is 0. The van der Waals surface area contributed by atoms with Crippen molar-refractivity contribution in [2.75, 3.05) is 4.43 Å². The minimum atomic E-state index is 0.268. The molecule has 2 rings (SSSR count). The van der Waals surface area contributed by atoms with Gasteiger partial charge in [-0.05, 0) is 73.2 Å². The molecular formula is C18H21IO2. The third kappa shape index (κ3) is 2.89. The molecule has 0 aliphatic rings. The van der Waals surface area contributed by atoms with E-state index in [1.807, 2.05) is 26.0 Å². The number of hydrogen-bond acceptors (Lipinski definition) is 2. The highest BCUT2D eigenvalue weighted by Gasteiger charge is 2.20. The number of phenolic OH excluding ortho intramolecular Hbond substituents is 2. The van der Waals surface area contributed by atoms with Crippen LogP contribution >= 0.6 is 22.6 Å². The van der Waals surface area contributed by atoms with Crippen LogP contribution < -0.4 is 0 Å². The molecule has 0 spiro atoms. The van der Waals surface area contributed by atoms with Crippen LogP contribution in [-0.4, -0.2) is 14.6 Å². The second kappa shape index (κ2) is 6.26. The molecule has 0 aromatic heterocycles. The number of hydrogen-bond donors (Lipinski definition) is 2.